The lowest BCUT2D eigenvalue weighted by Crippen LogP contribution is -2.43. The lowest BCUT2D eigenvalue weighted by molar-refractivity contribution is -0.243. The van der Waals surface area contributed by atoms with Crippen molar-refractivity contribution in [3.05, 3.63) is 81.6 Å². The molecule has 10 heteroatoms. The second kappa shape index (κ2) is 12.7. The molecule has 4 atom stereocenters. The molecule has 4 heterocycles. The van der Waals surface area contributed by atoms with Gasteiger partial charge in [-0.3, -0.25) is 9.69 Å². The van der Waals surface area contributed by atoms with Crippen LogP contribution < -0.4 is 4.74 Å². The number of fused-ring (bicyclic) bond motifs is 2. The maximum absolute atomic E-state index is 15.1. The number of rotatable bonds is 8. The quantitative estimate of drug-likeness (QED) is 0.266. The number of esters is 1. The van der Waals surface area contributed by atoms with Gasteiger partial charge in [-0.2, -0.15) is 0 Å². The number of piperidine rings is 1. The third kappa shape index (κ3) is 6.12. The Morgan fingerprint density at radius 2 is 1.96 bits per heavy atom. The number of aromatic nitrogens is 2. The number of nitrogens with zero attached hydrogens (tertiary/aromatic N) is 3. The van der Waals surface area contributed by atoms with Crippen LogP contribution in [0.1, 0.15) is 74.0 Å². The van der Waals surface area contributed by atoms with E-state index in [0.717, 1.165) is 87.7 Å². The van der Waals surface area contributed by atoms with Crippen molar-refractivity contribution in [2.75, 3.05) is 26.3 Å². The van der Waals surface area contributed by atoms with E-state index in [4.69, 9.17) is 35.5 Å². The summed E-state index contributed by atoms with van der Waals surface area (Å²) in [5.41, 5.74) is 3.62. The van der Waals surface area contributed by atoms with Crippen molar-refractivity contribution in [1.82, 2.24) is 14.5 Å². The van der Waals surface area contributed by atoms with Crippen LogP contribution in [0.15, 0.2) is 42.5 Å². The van der Waals surface area contributed by atoms with E-state index in [1.807, 2.05) is 25.1 Å². The van der Waals surface area contributed by atoms with Gasteiger partial charge in [-0.1, -0.05) is 29.8 Å². The normalized spacial score (nSPS) is 26.8. The first-order valence-corrected chi connectivity index (χ1v) is 16.7. The molecule has 3 unspecified atom stereocenters. The summed E-state index contributed by atoms with van der Waals surface area (Å²) in [7, 11) is 0. The number of hydrogen-bond donors (Lipinski definition) is 0. The van der Waals surface area contributed by atoms with Crippen LogP contribution in [0.5, 0.6) is 5.75 Å². The first kappa shape index (κ1) is 30.7. The predicted molar refractivity (Wildman–Crippen MR) is 166 cm³/mol. The maximum atomic E-state index is 15.1. The summed E-state index contributed by atoms with van der Waals surface area (Å²) < 4.78 is 41.6. The molecule has 3 aliphatic heterocycles. The Morgan fingerprint density at radius 3 is 2.69 bits per heavy atom. The van der Waals surface area contributed by atoms with Crippen molar-refractivity contribution in [1.29, 1.82) is 0 Å². The fourth-order valence-corrected chi connectivity index (χ4v) is 7.54. The predicted octanol–water partition coefficient (Wildman–Crippen LogP) is 6.37. The third-order valence-corrected chi connectivity index (χ3v) is 10.2. The van der Waals surface area contributed by atoms with Crippen LogP contribution in [0.3, 0.4) is 0 Å². The van der Waals surface area contributed by atoms with Crippen LogP contribution in [0.4, 0.5) is 4.39 Å². The lowest BCUT2D eigenvalue weighted by atomic mass is 9.85. The minimum Gasteiger partial charge on any atom is -0.466 e. The topological polar surface area (TPSA) is 75.0 Å². The van der Waals surface area contributed by atoms with E-state index in [1.165, 1.54) is 11.8 Å². The van der Waals surface area contributed by atoms with Crippen LogP contribution in [0, 0.1) is 17.7 Å². The Kier molecular flexibility index (Phi) is 8.63. The number of imidazole rings is 1. The van der Waals surface area contributed by atoms with E-state index >= 15 is 4.39 Å². The zero-order valence-electron chi connectivity index (χ0n) is 26.0. The number of halogens is 2. The summed E-state index contributed by atoms with van der Waals surface area (Å²) in [4.78, 5) is 20.2. The van der Waals surface area contributed by atoms with Gasteiger partial charge in [-0.25, -0.2) is 9.37 Å². The lowest BCUT2D eigenvalue weighted by Gasteiger charge is -2.44. The molecule has 0 N–H and O–H groups in total. The van der Waals surface area contributed by atoms with Gasteiger partial charge in [0.25, 0.3) is 0 Å². The number of benzene rings is 2. The highest BCUT2D eigenvalue weighted by Crippen LogP contribution is 2.49. The molecule has 2 fully saturated rings. The minimum atomic E-state index is -1.28. The van der Waals surface area contributed by atoms with Gasteiger partial charge in [0, 0.05) is 36.2 Å². The monoisotopic (exact) mass is 637 g/mol. The highest BCUT2D eigenvalue weighted by atomic mass is 35.5. The van der Waals surface area contributed by atoms with Crippen LogP contribution in [0.2, 0.25) is 5.02 Å². The molecule has 3 aromatic rings. The van der Waals surface area contributed by atoms with E-state index < -0.39 is 11.6 Å². The zero-order chi connectivity index (χ0) is 31.1. The van der Waals surface area contributed by atoms with Crippen molar-refractivity contribution >= 4 is 17.6 Å². The van der Waals surface area contributed by atoms with E-state index in [1.54, 1.807) is 19.1 Å². The summed E-state index contributed by atoms with van der Waals surface area (Å²) in [6.45, 7) is 8.15. The Morgan fingerprint density at radius 1 is 1.16 bits per heavy atom. The van der Waals surface area contributed by atoms with Crippen molar-refractivity contribution in [3.8, 4) is 5.75 Å². The molecule has 0 spiro atoms. The van der Waals surface area contributed by atoms with Gasteiger partial charge < -0.3 is 23.5 Å². The molecule has 1 aromatic heterocycles. The summed E-state index contributed by atoms with van der Waals surface area (Å²) in [5.74, 6) is 0.0654. The maximum Gasteiger partial charge on any atom is 0.309 e. The second-order valence-corrected chi connectivity index (χ2v) is 13.3. The largest absolute Gasteiger partial charge is 0.466 e. The molecule has 45 heavy (non-hydrogen) atoms. The number of ether oxygens (including phenoxy) is 4. The smallest absolute Gasteiger partial charge is 0.309 e. The molecule has 2 aromatic carbocycles. The van der Waals surface area contributed by atoms with Gasteiger partial charge in [0.1, 0.15) is 17.4 Å². The van der Waals surface area contributed by atoms with Crippen molar-refractivity contribution in [2.45, 2.75) is 83.5 Å². The first-order chi connectivity index (χ1) is 21.8. The van der Waals surface area contributed by atoms with Crippen molar-refractivity contribution in [2.24, 2.45) is 11.8 Å². The van der Waals surface area contributed by atoms with Crippen molar-refractivity contribution in [3.63, 3.8) is 0 Å². The van der Waals surface area contributed by atoms with Crippen molar-refractivity contribution < 1.29 is 28.1 Å². The van der Waals surface area contributed by atoms with E-state index in [-0.39, 0.29) is 30.0 Å². The minimum absolute atomic E-state index is 0.105. The summed E-state index contributed by atoms with van der Waals surface area (Å²) in [6, 6.07) is 12.5. The average molecular weight is 638 g/mol. The second-order valence-electron chi connectivity index (χ2n) is 12.9. The van der Waals surface area contributed by atoms with Gasteiger partial charge in [-0.05, 0) is 82.3 Å². The van der Waals surface area contributed by atoms with Gasteiger partial charge in [0.2, 0.25) is 5.79 Å². The number of carbonyl (C=O) groups is 1. The molecule has 0 bridgehead atoms. The number of hydrogen-bond acceptors (Lipinski definition) is 7. The standard InChI is InChI=1S/C35H41ClFN3O5/c1-3-42-34(41)23-8-11-29-30(18-23)40(20-25-14-17-43-25)32(38-29)21-39-15-12-22(13-16-39)33-26-6-4-5-7-31(26)44-35(2,45-33)27-10-9-24(36)19-28(27)37/h4-7,9-10,19,22-23,25,33H,3,8,11-18,20-21H2,1-2H3/t23?,25-,33?,35?/m0/s1. The number of para-hydroxylation sites is 1. The van der Waals surface area contributed by atoms with Crippen LogP contribution in [0.25, 0.3) is 0 Å². The third-order valence-electron chi connectivity index (χ3n) is 9.93. The van der Waals surface area contributed by atoms with Gasteiger partial charge in [0.15, 0.2) is 0 Å². The number of carbonyl (C=O) groups excluding carboxylic acids is 1. The molecule has 2 saturated heterocycles. The summed E-state index contributed by atoms with van der Waals surface area (Å²) >= 11 is 6.05. The van der Waals surface area contributed by atoms with Crippen LogP contribution in [-0.2, 0) is 50.7 Å². The van der Waals surface area contributed by atoms with E-state index in [9.17, 15) is 4.79 Å². The molecule has 240 valence electrons. The fraction of sp³-hybridized carbons (Fsp3) is 0.543. The Bertz CT molecular complexity index is 1550. The number of likely N-dealkylation sites (tertiary alicyclic amines) is 1. The zero-order valence-corrected chi connectivity index (χ0v) is 26.7. The Hall–Kier alpha value is -2.98. The Balaban J connectivity index is 1.07. The van der Waals surface area contributed by atoms with E-state index in [0.29, 0.717) is 23.6 Å². The molecular weight excluding hydrogens is 597 g/mol. The highest BCUT2D eigenvalue weighted by Gasteiger charge is 2.44. The summed E-state index contributed by atoms with van der Waals surface area (Å²) in [6.07, 6.45) is 5.10. The van der Waals surface area contributed by atoms with E-state index in [2.05, 4.69) is 15.5 Å². The molecule has 8 nitrogen and oxygen atoms in total. The van der Waals surface area contributed by atoms with Crippen LogP contribution >= 0.6 is 11.6 Å². The molecule has 1 aliphatic carbocycles. The molecular formula is C35H41ClFN3O5. The number of aryl methyl sites for hydroxylation is 1. The molecule has 4 aliphatic rings. The molecule has 0 saturated carbocycles. The SMILES string of the molecule is CCOC(=O)C1CCc2nc(CN3CCC(C4OC(C)(c5ccc(Cl)cc5F)Oc5ccccc54)CC3)n(C[C@@H]3CCO3)c2C1. The van der Waals surface area contributed by atoms with Crippen LogP contribution in [-0.4, -0.2) is 52.8 Å². The van der Waals surface area contributed by atoms with Gasteiger partial charge in [-0.15, -0.1) is 0 Å². The average Bonchev–Trinajstić information content (AvgIpc) is 3.34. The first-order valence-electron chi connectivity index (χ1n) is 16.3. The molecule has 0 amide bonds. The Labute approximate surface area is 268 Å². The highest BCUT2D eigenvalue weighted by molar-refractivity contribution is 6.30. The summed E-state index contributed by atoms with van der Waals surface area (Å²) in [5, 5.41) is 0.334. The molecule has 7 rings (SSSR count). The van der Waals surface area contributed by atoms with Gasteiger partial charge in [0.05, 0.1) is 49.1 Å². The fourth-order valence-electron chi connectivity index (χ4n) is 7.38. The molecule has 0 radical (unpaired) electrons. The van der Waals surface area contributed by atoms with Gasteiger partial charge >= 0.3 is 5.97 Å².